The molecule has 0 amide bonds. The molecule has 2 N–H and O–H groups in total. The van der Waals surface area contributed by atoms with E-state index in [1.165, 1.54) is 0 Å². The van der Waals surface area contributed by atoms with Gasteiger partial charge in [0.25, 0.3) is 15.5 Å². The topological polar surface area (TPSA) is 73.1 Å². The smallest absolute Gasteiger partial charge is 0.325 e. The Balaban J connectivity index is 3.82. The van der Waals surface area contributed by atoms with Gasteiger partial charge in [-0.2, -0.15) is 13.2 Å². The van der Waals surface area contributed by atoms with Gasteiger partial charge in [-0.25, -0.2) is 22.2 Å². The largest absolute Gasteiger partial charge is 0.433 e. The molecule has 19 heavy (non-hydrogen) atoms. The lowest BCUT2D eigenvalue weighted by atomic mass is 10.1. The van der Waals surface area contributed by atoms with Gasteiger partial charge in [-0.15, -0.1) is 0 Å². The van der Waals surface area contributed by atoms with E-state index >= 15 is 0 Å². The van der Waals surface area contributed by atoms with Gasteiger partial charge < -0.3 is 5.73 Å². The van der Waals surface area contributed by atoms with Gasteiger partial charge in [-0.1, -0.05) is 0 Å². The van der Waals surface area contributed by atoms with Crippen molar-refractivity contribution in [3.05, 3.63) is 23.0 Å². The Bertz CT molecular complexity index is 588. The molecule has 0 saturated carbocycles. The van der Waals surface area contributed by atoms with E-state index in [4.69, 9.17) is 16.4 Å². The van der Waals surface area contributed by atoms with Crippen LogP contribution < -0.4 is 5.73 Å². The van der Waals surface area contributed by atoms with Crippen molar-refractivity contribution in [3.63, 3.8) is 0 Å². The van der Waals surface area contributed by atoms with Crippen LogP contribution in [0.25, 0.3) is 0 Å². The molecule has 0 aliphatic carbocycles. The number of alkyl halides is 5. The molecule has 1 heterocycles. The highest BCUT2D eigenvalue weighted by molar-refractivity contribution is 8.13. The number of nitrogens with zero attached hydrogens (tertiary/aromatic N) is 1. The van der Waals surface area contributed by atoms with E-state index in [0.717, 1.165) is 0 Å². The first kappa shape index (κ1) is 16.1. The second kappa shape index (κ2) is 5.17. The molecule has 108 valence electrons. The molecule has 0 aliphatic heterocycles. The Morgan fingerprint density at radius 3 is 2.21 bits per heavy atom. The molecule has 0 bridgehead atoms. The minimum atomic E-state index is -5.26. The summed E-state index contributed by atoms with van der Waals surface area (Å²) in [6.45, 7) is -0.563. The summed E-state index contributed by atoms with van der Waals surface area (Å²) in [5.41, 5.74) is 0.740. The lowest BCUT2D eigenvalue weighted by Crippen LogP contribution is -2.18. The summed E-state index contributed by atoms with van der Waals surface area (Å²) in [5, 5.41) is 0. The number of aromatic nitrogens is 1. The molecular weight excluding hydrogens is 319 g/mol. The average Bonchev–Trinajstić information content (AvgIpc) is 2.24. The van der Waals surface area contributed by atoms with Gasteiger partial charge in [0, 0.05) is 17.2 Å². The molecule has 0 aliphatic rings. The van der Waals surface area contributed by atoms with Gasteiger partial charge in [0.05, 0.1) is 16.2 Å². The summed E-state index contributed by atoms with van der Waals surface area (Å²) < 4.78 is 85.4. The zero-order chi connectivity index (χ0) is 15.0. The third-order valence-electron chi connectivity index (χ3n) is 2.03. The van der Waals surface area contributed by atoms with Gasteiger partial charge in [-0.3, -0.25) is 0 Å². The lowest BCUT2D eigenvalue weighted by molar-refractivity contribution is -0.143. The SMILES string of the molecule is NCc1cc(S(=O)(=O)Cl)c(C(F)F)c(C(F)(F)F)n1. The predicted octanol–water partition coefficient (Wildman–Crippen LogP) is 2.42. The standard InChI is InChI=1S/C8H6ClF5N2O2S/c9-19(17,18)4-1-3(2-15)16-6(8(12,13)14)5(4)7(10)11/h1,7H,2,15H2. The fraction of sp³-hybridized carbons (Fsp3) is 0.375. The second-order valence-electron chi connectivity index (χ2n) is 3.31. The van der Waals surface area contributed by atoms with Crippen LogP contribution in [0.2, 0.25) is 0 Å². The lowest BCUT2D eigenvalue weighted by Gasteiger charge is -2.15. The van der Waals surface area contributed by atoms with Gasteiger partial charge in [0.2, 0.25) is 0 Å². The van der Waals surface area contributed by atoms with Crippen LogP contribution in [-0.2, 0) is 21.8 Å². The Morgan fingerprint density at radius 1 is 1.37 bits per heavy atom. The number of pyridine rings is 1. The number of halogens is 6. The normalized spacial score (nSPS) is 13.1. The first-order chi connectivity index (χ1) is 8.48. The monoisotopic (exact) mass is 324 g/mol. The van der Waals surface area contributed by atoms with Crippen LogP contribution >= 0.6 is 10.7 Å². The molecule has 1 rings (SSSR count). The van der Waals surface area contributed by atoms with Crippen LogP contribution in [0, 0.1) is 0 Å². The van der Waals surface area contributed by atoms with E-state index in [2.05, 4.69) is 4.98 Å². The third-order valence-corrected chi connectivity index (χ3v) is 3.39. The number of hydrogen-bond donors (Lipinski definition) is 1. The van der Waals surface area contributed by atoms with E-state index in [1.54, 1.807) is 0 Å². The van der Waals surface area contributed by atoms with Crippen molar-refractivity contribution in [1.82, 2.24) is 4.98 Å². The van der Waals surface area contributed by atoms with Crippen molar-refractivity contribution in [2.24, 2.45) is 5.73 Å². The number of hydrogen-bond acceptors (Lipinski definition) is 4. The Hall–Kier alpha value is -1.00. The van der Waals surface area contributed by atoms with Gasteiger partial charge in [0.15, 0.2) is 5.69 Å². The molecule has 1 aromatic rings. The maximum Gasteiger partial charge on any atom is 0.433 e. The fourth-order valence-electron chi connectivity index (χ4n) is 1.32. The Kier molecular flexibility index (Phi) is 4.37. The molecule has 0 spiro atoms. The van der Waals surface area contributed by atoms with Crippen molar-refractivity contribution in [3.8, 4) is 0 Å². The maximum atomic E-state index is 12.7. The summed E-state index contributed by atoms with van der Waals surface area (Å²) in [5.74, 6) is 0. The maximum absolute atomic E-state index is 12.7. The van der Waals surface area contributed by atoms with Crippen molar-refractivity contribution < 1.29 is 30.4 Å². The predicted molar refractivity (Wildman–Crippen MR) is 55.1 cm³/mol. The van der Waals surface area contributed by atoms with Gasteiger partial charge in [-0.05, 0) is 6.07 Å². The number of nitrogens with two attached hydrogens (primary N) is 1. The van der Waals surface area contributed by atoms with Crippen LogP contribution in [-0.4, -0.2) is 13.4 Å². The summed E-state index contributed by atoms with van der Waals surface area (Å²) >= 11 is 0. The first-order valence-corrected chi connectivity index (χ1v) is 6.83. The highest BCUT2D eigenvalue weighted by atomic mass is 35.7. The molecule has 0 radical (unpaired) electrons. The van der Waals surface area contributed by atoms with Crippen molar-refractivity contribution in [1.29, 1.82) is 0 Å². The van der Waals surface area contributed by atoms with E-state index in [1.807, 2.05) is 0 Å². The number of rotatable bonds is 3. The van der Waals surface area contributed by atoms with Crippen LogP contribution in [0.1, 0.15) is 23.4 Å². The molecular formula is C8H6ClF5N2O2S. The van der Waals surface area contributed by atoms with Crippen LogP contribution in [0.4, 0.5) is 22.0 Å². The highest BCUT2D eigenvalue weighted by Crippen LogP contribution is 2.39. The van der Waals surface area contributed by atoms with Crippen molar-refractivity contribution in [2.75, 3.05) is 0 Å². The molecule has 0 fully saturated rings. The molecule has 0 unspecified atom stereocenters. The fourth-order valence-corrected chi connectivity index (χ4v) is 2.42. The third kappa shape index (κ3) is 3.51. The van der Waals surface area contributed by atoms with Crippen LogP contribution in [0.3, 0.4) is 0 Å². The average molecular weight is 325 g/mol. The molecule has 11 heteroatoms. The summed E-state index contributed by atoms with van der Waals surface area (Å²) in [4.78, 5) is 1.56. The molecule has 4 nitrogen and oxygen atoms in total. The minimum absolute atomic E-state index is 0.499. The molecule has 1 aromatic heterocycles. The van der Waals surface area contributed by atoms with Crippen molar-refractivity contribution in [2.45, 2.75) is 24.0 Å². The van der Waals surface area contributed by atoms with Gasteiger partial charge >= 0.3 is 6.18 Å². The summed E-state index contributed by atoms with van der Waals surface area (Å²) in [7, 11) is 0.0645. The van der Waals surface area contributed by atoms with Gasteiger partial charge in [0.1, 0.15) is 0 Å². The zero-order valence-corrected chi connectivity index (χ0v) is 10.5. The second-order valence-corrected chi connectivity index (χ2v) is 5.85. The van der Waals surface area contributed by atoms with E-state index in [0.29, 0.717) is 6.07 Å². The van der Waals surface area contributed by atoms with Crippen LogP contribution in [0.5, 0.6) is 0 Å². The molecule has 0 saturated heterocycles. The van der Waals surface area contributed by atoms with Crippen molar-refractivity contribution >= 4 is 19.7 Å². The summed E-state index contributed by atoms with van der Waals surface area (Å²) in [6.07, 6.45) is -8.97. The molecule has 0 atom stereocenters. The first-order valence-electron chi connectivity index (χ1n) is 4.52. The Morgan fingerprint density at radius 2 is 1.89 bits per heavy atom. The summed E-state index contributed by atoms with van der Waals surface area (Å²) in [6, 6.07) is 0.499. The molecule has 0 aromatic carbocycles. The Labute approximate surface area is 108 Å². The zero-order valence-electron chi connectivity index (χ0n) is 8.88. The minimum Gasteiger partial charge on any atom is -0.325 e. The van der Waals surface area contributed by atoms with E-state index < -0.39 is 50.0 Å². The van der Waals surface area contributed by atoms with Crippen LogP contribution in [0.15, 0.2) is 11.0 Å². The van der Waals surface area contributed by atoms with E-state index in [-0.39, 0.29) is 0 Å². The quantitative estimate of drug-likeness (QED) is 0.684. The van der Waals surface area contributed by atoms with E-state index in [9.17, 15) is 30.4 Å². The highest BCUT2D eigenvalue weighted by Gasteiger charge is 2.41.